The van der Waals surface area contributed by atoms with Gasteiger partial charge in [0, 0.05) is 37.1 Å². The molecule has 0 amide bonds. The van der Waals surface area contributed by atoms with Gasteiger partial charge in [0.05, 0.1) is 5.69 Å². The number of hydrogen-bond acceptors (Lipinski definition) is 2. The van der Waals surface area contributed by atoms with E-state index in [1.807, 2.05) is 11.3 Å². The number of nitrogens with zero attached hydrogens (tertiary/aromatic N) is 1. The van der Waals surface area contributed by atoms with Gasteiger partial charge < -0.3 is 4.90 Å². The Morgan fingerprint density at radius 2 is 0.960 bits per heavy atom. The van der Waals surface area contributed by atoms with Gasteiger partial charge in [0.25, 0.3) is 0 Å². The van der Waals surface area contributed by atoms with Crippen LogP contribution in [0, 0.1) is 0 Å². The zero-order valence-corrected chi connectivity index (χ0v) is 28.1. The highest BCUT2D eigenvalue weighted by molar-refractivity contribution is 7.26. The van der Waals surface area contributed by atoms with Crippen LogP contribution in [0.4, 0.5) is 17.1 Å². The molecule has 0 aliphatic carbocycles. The van der Waals surface area contributed by atoms with Crippen molar-refractivity contribution < 1.29 is 0 Å². The fourth-order valence-electron chi connectivity index (χ4n) is 7.68. The molecule has 0 saturated carbocycles. The summed E-state index contributed by atoms with van der Waals surface area (Å²) in [6.07, 6.45) is 0. The molecule has 0 radical (unpaired) electrons. The van der Waals surface area contributed by atoms with Crippen LogP contribution in [0.15, 0.2) is 188 Å². The van der Waals surface area contributed by atoms with E-state index in [1.54, 1.807) is 0 Å². The monoisotopic (exact) mass is 653 g/mol. The van der Waals surface area contributed by atoms with E-state index < -0.39 is 0 Å². The topological polar surface area (TPSA) is 3.24 Å². The number of thiophene rings is 1. The molecule has 0 fully saturated rings. The molecular weight excluding hydrogens is 623 g/mol. The van der Waals surface area contributed by atoms with Crippen molar-refractivity contribution in [3.05, 3.63) is 188 Å². The molecule has 9 aromatic carbocycles. The molecule has 1 aromatic heterocycles. The molecule has 0 bridgehead atoms. The Balaban J connectivity index is 1.16. The van der Waals surface area contributed by atoms with E-state index in [2.05, 4.69) is 193 Å². The van der Waals surface area contributed by atoms with Crippen molar-refractivity contribution in [1.29, 1.82) is 0 Å². The lowest BCUT2D eigenvalue weighted by molar-refractivity contribution is 1.29. The Morgan fingerprint density at radius 3 is 1.82 bits per heavy atom. The molecule has 0 unspecified atom stereocenters. The first-order valence-corrected chi connectivity index (χ1v) is 17.9. The van der Waals surface area contributed by atoms with E-state index >= 15 is 0 Å². The van der Waals surface area contributed by atoms with Crippen molar-refractivity contribution >= 4 is 80.9 Å². The van der Waals surface area contributed by atoms with Crippen LogP contribution in [-0.2, 0) is 0 Å². The van der Waals surface area contributed by atoms with Crippen LogP contribution in [0.25, 0.3) is 74.7 Å². The maximum absolute atomic E-state index is 2.42. The average molecular weight is 654 g/mol. The number of hydrogen-bond donors (Lipinski definition) is 0. The van der Waals surface area contributed by atoms with Gasteiger partial charge in [-0.2, -0.15) is 0 Å². The first kappa shape index (κ1) is 28.8. The average Bonchev–Trinajstić information content (AvgIpc) is 3.58. The molecule has 0 saturated heterocycles. The van der Waals surface area contributed by atoms with E-state index in [9.17, 15) is 0 Å². The van der Waals surface area contributed by atoms with Gasteiger partial charge in [-0.25, -0.2) is 0 Å². The van der Waals surface area contributed by atoms with Crippen molar-refractivity contribution in [2.75, 3.05) is 4.90 Å². The molecule has 2 heteroatoms. The Bertz CT molecular complexity index is 2870. The van der Waals surface area contributed by atoms with Crippen molar-refractivity contribution in [2.45, 2.75) is 0 Å². The Morgan fingerprint density at radius 1 is 0.340 bits per heavy atom. The summed E-state index contributed by atoms with van der Waals surface area (Å²) in [5.74, 6) is 0. The standard InChI is InChI=1S/C48H31NS/c1-2-12-32(13-3-1)39-16-8-10-20-46(39)49(37-27-29-40-35(30-37)24-28-44-43-19-9-11-21-47(43)50-48(40)44)36-25-22-33(23-26-36)45-31-34-14-4-5-15-38(34)41-17-6-7-18-42(41)45/h1-31H. The van der Waals surface area contributed by atoms with E-state index in [4.69, 9.17) is 0 Å². The Hall–Kier alpha value is -6.22. The fourth-order valence-corrected chi connectivity index (χ4v) is 8.92. The second kappa shape index (κ2) is 11.7. The SMILES string of the molecule is c1ccc(-c2ccccc2N(c2ccc(-c3cc4ccccc4c4ccccc34)cc2)c2ccc3c(ccc4c5ccccc5sc34)c2)cc1. The third kappa shape index (κ3) is 4.69. The molecule has 10 aromatic rings. The summed E-state index contributed by atoms with van der Waals surface area (Å²) >= 11 is 1.89. The largest absolute Gasteiger partial charge is 0.310 e. The molecule has 50 heavy (non-hydrogen) atoms. The molecule has 10 rings (SSSR count). The van der Waals surface area contributed by atoms with Gasteiger partial charge in [0.1, 0.15) is 0 Å². The summed E-state index contributed by atoms with van der Waals surface area (Å²) in [6, 6.07) is 68.7. The van der Waals surface area contributed by atoms with E-state index in [1.165, 1.54) is 74.7 Å². The summed E-state index contributed by atoms with van der Waals surface area (Å²) in [5.41, 5.74) is 8.23. The highest BCUT2D eigenvalue weighted by Gasteiger charge is 2.19. The van der Waals surface area contributed by atoms with Gasteiger partial charge in [-0.3, -0.25) is 0 Å². The number of fused-ring (bicyclic) bond motifs is 8. The lowest BCUT2D eigenvalue weighted by atomic mass is 9.93. The van der Waals surface area contributed by atoms with Crippen LogP contribution >= 0.6 is 11.3 Å². The Labute approximate surface area is 294 Å². The summed E-state index contributed by atoms with van der Waals surface area (Å²) in [4.78, 5) is 2.42. The summed E-state index contributed by atoms with van der Waals surface area (Å²) in [6.45, 7) is 0. The van der Waals surface area contributed by atoms with Crippen molar-refractivity contribution in [1.82, 2.24) is 0 Å². The van der Waals surface area contributed by atoms with Gasteiger partial charge in [-0.1, -0.05) is 146 Å². The van der Waals surface area contributed by atoms with Gasteiger partial charge in [0.2, 0.25) is 0 Å². The van der Waals surface area contributed by atoms with Crippen LogP contribution < -0.4 is 4.90 Å². The molecule has 0 atom stereocenters. The maximum atomic E-state index is 2.42. The first-order chi connectivity index (χ1) is 24.8. The van der Waals surface area contributed by atoms with Crippen molar-refractivity contribution in [3.8, 4) is 22.3 Å². The molecule has 0 aliphatic heterocycles. The van der Waals surface area contributed by atoms with Gasteiger partial charge >= 0.3 is 0 Å². The molecule has 234 valence electrons. The van der Waals surface area contributed by atoms with Crippen LogP contribution in [-0.4, -0.2) is 0 Å². The van der Waals surface area contributed by atoms with Gasteiger partial charge in [0.15, 0.2) is 0 Å². The minimum absolute atomic E-state index is 1.12. The summed E-state index contributed by atoms with van der Waals surface area (Å²) in [7, 11) is 0. The lowest BCUT2D eigenvalue weighted by Crippen LogP contribution is -2.11. The highest BCUT2D eigenvalue weighted by Crippen LogP contribution is 2.45. The fraction of sp³-hybridized carbons (Fsp3) is 0. The summed E-state index contributed by atoms with van der Waals surface area (Å²) < 4.78 is 2.68. The second-order valence-corrected chi connectivity index (χ2v) is 14.0. The predicted octanol–water partition coefficient (Wildman–Crippen LogP) is 14.3. The Kier molecular flexibility index (Phi) is 6.75. The lowest BCUT2D eigenvalue weighted by Gasteiger charge is -2.28. The number of benzene rings is 9. The van der Waals surface area contributed by atoms with E-state index in [0.29, 0.717) is 0 Å². The second-order valence-electron chi connectivity index (χ2n) is 12.9. The van der Waals surface area contributed by atoms with Crippen LogP contribution in [0.2, 0.25) is 0 Å². The highest BCUT2D eigenvalue weighted by atomic mass is 32.1. The normalized spacial score (nSPS) is 11.6. The molecule has 1 nitrogen and oxygen atoms in total. The molecular formula is C48H31NS. The van der Waals surface area contributed by atoms with Crippen LogP contribution in [0.1, 0.15) is 0 Å². The minimum Gasteiger partial charge on any atom is -0.310 e. The minimum atomic E-state index is 1.12. The predicted molar refractivity (Wildman–Crippen MR) is 217 cm³/mol. The molecule has 0 spiro atoms. The number of para-hydroxylation sites is 1. The summed E-state index contributed by atoms with van der Waals surface area (Å²) in [5, 5.41) is 10.3. The van der Waals surface area contributed by atoms with Crippen molar-refractivity contribution in [2.24, 2.45) is 0 Å². The zero-order chi connectivity index (χ0) is 33.0. The number of anilines is 3. The quantitative estimate of drug-likeness (QED) is 0.167. The third-order valence-corrected chi connectivity index (χ3v) is 11.3. The molecule has 1 heterocycles. The van der Waals surface area contributed by atoms with Crippen LogP contribution in [0.5, 0.6) is 0 Å². The third-order valence-electron chi connectivity index (χ3n) is 10.0. The van der Waals surface area contributed by atoms with Crippen molar-refractivity contribution in [3.63, 3.8) is 0 Å². The number of rotatable bonds is 5. The zero-order valence-electron chi connectivity index (χ0n) is 27.3. The van der Waals surface area contributed by atoms with E-state index in [-0.39, 0.29) is 0 Å². The maximum Gasteiger partial charge on any atom is 0.0540 e. The van der Waals surface area contributed by atoms with Gasteiger partial charge in [-0.15, -0.1) is 11.3 Å². The van der Waals surface area contributed by atoms with Gasteiger partial charge in [-0.05, 0) is 91.5 Å². The molecule has 0 N–H and O–H groups in total. The smallest absolute Gasteiger partial charge is 0.0540 e. The molecule has 0 aliphatic rings. The van der Waals surface area contributed by atoms with E-state index in [0.717, 1.165) is 17.1 Å². The van der Waals surface area contributed by atoms with Crippen LogP contribution in [0.3, 0.4) is 0 Å². The first-order valence-electron chi connectivity index (χ1n) is 17.1.